The second-order valence-corrected chi connectivity index (χ2v) is 3.27. The highest BCUT2D eigenvalue weighted by molar-refractivity contribution is 5.96. The van der Waals surface area contributed by atoms with Crippen LogP contribution in [0.4, 0.5) is 5.69 Å². The number of hydrogen-bond donors (Lipinski definition) is 3. The van der Waals surface area contributed by atoms with Gasteiger partial charge in [0.25, 0.3) is 0 Å². The molecule has 0 fully saturated rings. The molecule has 1 rings (SSSR count). The van der Waals surface area contributed by atoms with Crippen LogP contribution in [0.2, 0.25) is 0 Å². The molecular formula is C11H14N2O2. The van der Waals surface area contributed by atoms with E-state index in [1.807, 2.05) is 24.3 Å². The minimum atomic E-state index is -0.811. The van der Waals surface area contributed by atoms with E-state index in [9.17, 15) is 4.79 Å². The van der Waals surface area contributed by atoms with Crippen molar-refractivity contribution in [3.63, 3.8) is 0 Å². The van der Waals surface area contributed by atoms with Crippen LogP contribution in [0.3, 0.4) is 0 Å². The van der Waals surface area contributed by atoms with E-state index in [2.05, 4.69) is 5.32 Å². The first-order valence-electron chi connectivity index (χ1n) is 4.71. The van der Waals surface area contributed by atoms with Crippen molar-refractivity contribution in [2.45, 2.75) is 13.3 Å². The van der Waals surface area contributed by atoms with E-state index < -0.39 is 5.97 Å². The van der Waals surface area contributed by atoms with E-state index in [0.717, 1.165) is 11.3 Å². The first-order chi connectivity index (χ1) is 7.09. The third-order valence-corrected chi connectivity index (χ3v) is 1.99. The smallest absolute Gasteiger partial charge is 0.305 e. The summed E-state index contributed by atoms with van der Waals surface area (Å²) in [4.78, 5) is 10.3. The summed E-state index contributed by atoms with van der Waals surface area (Å²) in [7, 11) is 0. The monoisotopic (exact) mass is 206 g/mol. The molecular weight excluding hydrogens is 192 g/mol. The van der Waals surface area contributed by atoms with Gasteiger partial charge in [0, 0.05) is 17.9 Å². The first-order valence-corrected chi connectivity index (χ1v) is 4.71. The Kier molecular flexibility index (Phi) is 3.85. The molecule has 80 valence electrons. The molecule has 0 aliphatic heterocycles. The largest absolute Gasteiger partial charge is 0.481 e. The molecule has 15 heavy (non-hydrogen) atoms. The number of aliphatic carboxylic acids is 1. The highest BCUT2D eigenvalue weighted by atomic mass is 16.4. The summed E-state index contributed by atoms with van der Waals surface area (Å²) in [6.07, 6.45) is 0.103. The lowest BCUT2D eigenvalue weighted by atomic mass is 10.1. The molecule has 0 heterocycles. The van der Waals surface area contributed by atoms with Crippen LogP contribution in [0, 0.1) is 5.41 Å². The van der Waals surface area contributed by atoms with Gasteiger partial charge < -0.3 is 15.8 Å². The number of benzene rings is 1. The molecule has 0 saturated heterocycles. The fourth-order valence-corrected chi connectivity index (χ4v) is 1.15. The number of nitrogens with one attached hydrogen (secondary N) is 2. The van der Waals surface area contributed by atoms with Gasteiger partial charge in [-0.25, -0.2) is 0 Å². The summed E-state index contributed by atoms with van der Waals surface area (Å²) < 4.78 is 0. The second-order valence-electron chi connectivity index (χ2n) is 3.27. The Morgan fingerprint density at radius 3 is 2.47 bits per heavy atom. The van der Waals surface area contributed by atoms with Crippen LogP contribution in [-0.2, 0) is 4.79 Å². The van der Waals surface area contributed by atoms with Gasteiger partial charge in [0.1, 0.15) is 0 Å². The van der Waals surface area contributed by atoms with Crippen LogP contribution in [0.25, 0.3) is 0 Å². The Hall–Kier alpha value is -1.84. The SMILES string of the molecule is CC(=N)c1ccc(NCCC(=O)O)cc1. The fraction of sp³-hybridized carbons (Fsp3) is 0.273. The first kappa shape index (κ1) is 11.2. The highest BCUT2D eigenvalue weighted by Crippen LogP contribution is 2.09. The van der Waals surface area contributed by atoms with Gasteiger partial charge in [-0.3, -0.25) is 4.79 Å². The lowest BCUT2D eigenvalue weighted by Crippen LogP contribution is -2.07. The van der Waals surface area contributed by atoms with Gasteiger partial charge in [0.2, 0.25) is 0 Å². The highest BCUT2D eigenvalue weighted by Gasteiger charge is 1.98. The van der Waals surface area contributed by atoms with E-state index in [1.54, 1.807) is 6.92 Å². The zero-order chi connectivity index (χ0) is 11.3. The van der Waals surface area contributed by atoms with Crippen molar-refractivity contribution < 1.29 is 9.90 Å². The fourth-order valence-electron chi connectivity index (χ4n) is 1.15. The zero-order valence-corrected chi connectivity index (χ0v) is 8.58. The molecule has 0 spiro atoms. The average molecular weight is 206 g/mol. The molecule has 3 N–H and O–H groups in total. The predicted octanol–water partition coefficient (Wildman–Crippen LogP) is 1.96. The van der Waals surface area contributed by atoms with Gasteiger partial charge in [0.05, 0.1) is 6.42 Å². The molecule has 1 aromatic carbocycles. The van der Waals surface area contributed by atoms with Gasteiger partial charge in [-0.2, -0.15) is 0 Å². The molecule has 4 heteroatoms. The maximum Gasteiger partial charge on any atom is 0.305 e. The van der Waals surface area contributed by atoms with E-state index in [4.69, 9.17) is 10.5 Å². The van der Waals surface area contributed by atoms with Gasteiger partial charge in [-0.1, -0.05) is 12.1 Å². The summed E-state index contributed by atoms with van der Waals surface area (Å²) in [5, 5.41) is 18.8. The Bertz CT molecular complexity index is 357. The summed E-state index contributed by atoms with van der Waals surface area (Å²) in [6, 6.07) is 7.36. The third kappa shape index (κ3) is 3.81. The number of hydrogen-bond acceptors (Lipinski definition) is 3. The van der Waals surface area contributed by atoms with Gasteiger partial charge in [-0.05, 0) is 24.6 Å². The molecule has 0 aliphatic rings. The predicted molar refractivity (Wildman–Crippen MR) is 59.7 cm³/mol. The summed E-state index contributed by atoms with van der Waals surface area (Å²) in [5.74, 6) is -0.811. The van der Waals surface area contributed by atoms with E-state index >= 15 is 0 Å². The van der Waals surface area contributed by atoms with E-state index in [1.165, 1.54) is 0 Å². The molecule has 0 radical (unpaired) electrons. The Morgan fingerprint density at radius 1 is 1.40 bits per heavy atom. The van der Waals surface area contributed by atoms with E-state index in [-0.39, 0.29) is 6.42 Å². The molecule has 0 atom stereocenters. The minimum absolute atomic E-state index is 0.103. The Balaban J connectivity index is 2.50. The molecule has 0 unspecified atom stereocenters. The van der Waals surface area contributed by atoms with Crippen molar-refractivity contribution in [1.82, 2.24) is 0 Å². The zero-order valence-electron chi connectivity index (χ0n) is 8.58. The number of carbonyl (C=O) groups is 1. The van der Waals surface area contributed by atoms with Gasteiger partial charge >= 0.3 is 5.97 Å². The lowest BCUT2D eigenvalue weighted by Gasteiger charge is -2.05. The Morgan fingerprint density at radius 2 is 2.00 bits per heavy atom. The standard InChI is InChI=1S/C11H14N2O2/c1-8(12)9-2-4-10(5-3-9)13-7-6-11(14)15/h2-5,12-13H,6-7H2,1H3,(H,14,15). The summed E-state index contributed by atoms with van der Waals surface area (Å²) in [5.41, 5.74) is 2.27. The maximum atomic E-state index is 10.3. The van der Waals surface area contributed by atoms with E-state index in [0.29, 0.717) is 12.3 Å². The van der Waals surface area contributed by atoms with Crippen molar-refractivity contribution in [1.29, 1.82) is 5.41 Å². The van der Waals surface area contributed by atoms with Crippen molar-refractivity contribution in [3.05, 3.63) is 29.8 Å². The summed E-state index contributed by atoms with van der Waals surface area (Å²) in [6.45, 7) is 2.14. The average Bonchev–Trinajstić information content (AvgIpc) is 2.18. The van der Waals surface area contributed by atoms with Crippen LogP contribution in [0.1, 0.15) is 18.9 Å². The number of carboxylic acids is 1. The van der Waals surface area contributed by atoms with Crippen molar-refractivity contribution in [2.75, 3.05) is 11.9 Å². The normalized spacial score (nSPS) is 9.67. The van der Waals surface area contributed by atoms with Crippen LogP contribution < -0.4 is 5.32 Å². The molecule has 0 amide bonds. The number of carboxylic acid groups (broad SMARTS) is 1. The van der Waals surface area contributed by atoms with Crippen LogP contribution in [0.5, 0.6) is 0 Å². The van der Waals surface area contributed by atoms with Crippen molar-refractivity contribution >= 4 is 17.4 Å². The molecule has 0 bridgehead atoms. The van der Waals surface area contributed by atoms with Crippen LogP contribution in [-0.4, -0.2) is 23.3 Å². The molecule has 4 nitrogen and oxygen atoms in total. The number of anilines is 1. The molecule has 0 aromatic heterocycles. The minimum Gasteiger partial charge on any atom is -0.481 e. The van der Waals surface area contributed by atoms with Crippen molar-refractivity contribution in [2.24, 2.45) is 0 Å². The van der Waals surface area contributed by atoms with Crippen LogP contribution >= 0.6 is 0 Å². The van der Waals surface area contributed by atoms with Gasteiger partial charge in [0.15, 0.2) is 0 Å². The summed E-state index contributed by atoms with van der Waals surface area (Å²) >= 11 is 0. The Labute approximate surface area is 88.4 Å². The van der Waals surface area contributed by atoms with Crippen LogP contribution in [0.15, 0.2) is 24.3 Å². The third-order valence-electron chi connectivity index (χ3n) is 1.99. The number of rotatable bonds is 5. The quantitative estimate of drug-likeness (QED) is 0.645. The molecule has 1 aromatic rings. The van der Waals surface area contributed by atoms with Crippen molar-refractivity contribution in [3.8, 4) is 0 Å². The second kappa shape index (κ2) is 5.14. The molecule has 0 saturated carbocycles. The molecule has 0 aliphatic carbocycles. The lowest BCUT2D eigenvalue weighted by molar-refractivity contribution is -0.136. The van der Waals surface area contributed by atoms with Gasteiger partial charge in [-0.15, -0.1) is 0 Å². The topological polar surface area (TPSA) is 73.2 Å². The maximum absolute atomic E-state index is 10.3.